The number of hydrogen-bond donors (Lipinski definition) is 2. The molecule has 100 valence electrons. The van der Waals surface area contributed by atoms with Gasteiger partial charge in [-0.15, -0.1) is 0 Å². The lowest BCUT2D eigenvalue weighted by atomic mass is 9.77. The van der Waals surface area contributed by atoms with Crippen molar-refractivity contribution in [1.82, 2.24) is 5.32 Å². The quantitative estimate of drug-likeness (QED) is 0.718. The standard InChI is InChI=1S/C13H25NO3/c1-10(2)17-12(16)8-14-13(9-15)6-4-11(3)5-7-13/h10-11,14-15H,4-9H2,1-3H3. The number of rotatable bonds is 5. The third kappa shape index (κ3) is 4.64. The molecular weight excluding hydrogens is 218 g/mol. The summed E-state index contributed by atoms with van der Waals surface area (Å²) in [5, 5.41) is 12.7. The molecule has 1 fully saturated rings. The summed E-state index contributed by atoms with van der Waals surface area (Å²) in [7, 11) is 0. The van der Waals surface area contributed by atoms with Gasteiger partial charge < -0.3 is 9.84 Å². The second kappa shape index (κ2) is 6.36. The molecule has 0 radical (unpaired) electrons. The molecule has 1 saturated carbocycles. The van der Waals surface area contributed by atoms with Crippen LogP contribution in [0.4, 0.5) is 0 Å². The van der Waals surface area contributed by atoms with Gasteiger partial charge in [0.25, 0.3) is 0 Å². The zero-order chi connectivity index (χ0) is 12.9. The number of carbonyl (C=O) groups is 1. The van der Waals surface area contributed by atoms with Gasteiger partial charge in [-0.3, -0.25) is 10.1 Å². The predicted molar refractivity (Wildman–Crippen MR) is 66.7 cm³/mol. The van der Waals surface area contributed by atoms with Crippen molar-refractivity contribution in [2.24, 2.45) is 5.92 Å². The molecule has 4 heteroatoms. The van der Waals surface area contributed by atoms with Gasteiger partial charge >= 0.3 is 5.97 Å². The Morgan fingerprint density at radius 3 is 2.53 bits per heavy atom. The first kappa shape index (κ1) is 14.5. The van der Waals surface area contributed by atoms with Gasteiger partial charge in [0.1, 0.15) is 0 Å². The van der Waals surface area contributed by atoms with Crippen molar-refractivity contribution in [3.8, 4) is 0 Å². The van der Waals surface area contributed by atoms with Crippen LogP contribution in [0.5, 0.6) is 0 Å². The average Bonchev–Trinajstić information content (AvgIpc) is 2.28. The number of hydrogen-bond acceptors (Lipinski definition) is 4. The number of carbonyl (C=O) groups excluding carboxylic acids is 1. The van der Waals surface area contributed by atoms with Crippen molar-refractivity contribution in [3.05, 3.63) is 0 Å². The van der Waals surface area contributed by atoms with Crippen LogP contribution >= 0.6 is 0 Å². The van der Waals surface area contributed by atoms with Gasteiger partial charge in [0.05, 0.1) is 19.3 Å². The van der Waals surface area contributed by atoms with Crippen LogP contribution in [0, 0.1) is 5.92 Å². The van der Waals surface area contributed by atoms with Crippen molar-refractivity contribution in [1.29, 1.82) is 0 Å². The van der Waals surface area contributed by atoms with Crippen LogP contribution in [0.25, 0.3) is 0 Å². The van der Waals surface area contributed by atoms with Crippen LogP contribution in [0.15, 0.2) is 0 Å². The zero-order valence-corrected chi connectivity index (χ0v) is 11.2. The Morgan fingerprint density at radius 2 is 2.06 bits per heavy atom. The summed E-state index contributed by atoms with van der Waals surface area (Å²) in [4.78, 5) is 11.5. The Labute approximate surface area is 104 Å². The van der Waals surface area contributed by atoms with E-state index in [1.54, 1.807) is 0 Å². The number of esters is 1. The molecule has 0 bridgehead atoms. The Kier molecular flexibility index (Phi) is 5.40. The smallest absolute Gasteiger partial charge is 0.320 e. The lowest BCUT2D eigenvalue weighted by molar-refractivity contribution is -0.146. The molecule has 4 nitrogen and oxygen atoms in total. The van der Waals surface area contributed by atoms with Gasteiger partial charge in [0.2, 0.25) is 0 Å². The van der Waals surface area contributed by atoms with E-state index in [1.165, 1.54) is 0 Å². The summed E-state index contributed by atoms with van der Waals surface area (Å²) in [6.45, 7) is 6.18. The molecule has 1 aliphatic carbocycles. The molecule has 0 aromatic rings. The lowest BCUT2D eigenvalue weighted by Gasteiger charge is -2.38. The summed E-state index contributed by atoms with van der Waals surface area (Å²) in [5.74, 6) is 0.477. The van der Waals surface area contributed by atoms with Crippen molar-refractivity contribution in [2.45, 2.75) is 58.1 Å². The molecule has 0 atom stereocenters. The molecule has 17 heavy (non-hydrogen) atoms. The fraction of sp³-hybridized carbons (Fsp3) is 0.923. The second-order valence-corrected chi connectivity index (χ2v) is 5.51. The summed E-state index contributed by atoms with van der Waals surface area (Å²) in [6, 6.07) is 0. The van der Waals surface area contributed by atoms with E-state index in [0.29, 0.717) is 0 Å². The minimum Gasteiger partial charge on any atom is -0.462 e. The van der Waals surface area contributed by atoms with Gasteiger partial charge in [-0.2, -0.15) is 0 Å². The van der Waals surface area contributed by atoms with Gasteiger partial charge in [0, 0.05) is 5.54 Å². The summed E-state index contributed by atoms with van der Waals surface area (Å²) < 4.78 is 5.07. The third-order valence-corrected chi connectivity index (χ3v) is 3.51. The zero-order valence-electron chi connectivity index (χ0n) is 11.2. The van der Waals surface area contributed by atoms with Gasteiger partial charge in [0.15, 0.2) is 0 Å². The van der Waals surface area contributed by atoms with Crippen molar-refractivity contribution < 1.29 is 14.6 Å². The molecular formula is C13H25NO3. The van der Waals surface area contributed by atoms with Crippen molar-refractivity contribution >= 4 is 5.97 Å². The third-order valence-electron chi connectivity index (χ3n) is 3.51. The van der Waals surface area contributed by atoms with E-state index in [-0.39, 0.29) is 30.8 Å². The normalized spacial score (nSPS) is 29.4. The summed E-state index contributed by atoms with van der Waals surface area (Å²) >= 11 is 0. The monoisotopic (exact) mass is 243 g/mol. The molecule has 0 saturated heterocycles. The topological polar surface area (TPSA) is 58.6 Å². The van der Waals surface area contributed by atoms with E-state index in [4.69, 9.17) is 4.74 Å². The molecule has 0 aromatic heterocycles. The highest BCUT2D eigenvalue weighted by atomic mass is 16.5. The Balaban J connectivity index is 2.39. The maximum Gasteiger partial charge on any atom is 0.320 e. The molecule has 2 N–H and O–H groups in total. The molecule has 0 unspecified atom stereocenters. The highest BCUT2D eigenvalue weighted by Crippen LogP contribution is 2.31. The minimum absolute atomic E-state index is 0.0826. The molecule has 0 spiro atoms. The summed E-state index contributed by atoms with van der Waals surface area (Å²) in [5.41, 5.74) is -0.275. The highest BCUT2D eigenvalue weighted by Gasteiger charge is 2.33. The van der Waals surface area contributed by atoms with E-state index in [9.17, 15) is 9.90 Å². The number of ether oxygens (including phenoxy) is 1. The maximum atomic E-state index is 11.5. The Hall–Kier alpha value is -0.610. The maximum absolute atomic E-state index is 11.5. The number of aliphatic hydroxyl groups is 1. The van der Waals surface area contributed by atoms with Gasteiger partial charge in [-0.1, -0.05) is 6.92 Å². The first-order chi connectivity index (χ1) is 7.97. The lowest BCUT2D eigenvalue weighted by Crippen LogP contribution is -2.52. The SMILES string of the molecule is CC1CCC(CO)(NCC(=O)OC(C)C)CC1. The first-order valence-electron chi connectivity index (χ1n) is 6.53. The fourth-order valence-electron chi connectivity index (χ4n) is 2.27. The molecule has 0 heterocycles. The second-order valence-electron chi connectivity index (χ2n) is 5.51. The molecule has 1 rings (SSSR count). The predicted octanol–water partition coefficient (Wildman–Crippen LogP) is 1.47. The van der Waals surface area contributed by atoms with Crippen LogP contribution < -0.4 is 5.32 Å². The Bertz CT molecular complexity index is 245. The van der Waals surface area contributed by atoms with E-state index in [1.807, 2.05) is 13.8 Å². The van der Waals surface area contributed by atoms with Crippen LogP contribution in [0.2, 0.25) is 0 Å². The van der Waals surface area contributed by atoms with Crippen molar-refractivity contribution in [2.75, 3.05) is 13.2 Å². The minimum atomic E-state index is -0.275. The number of nitrogens with one attached hydrogen (secondary N) is 1. The number of aliphatic hydroxyl groups excluding tert-OH is 1. The average molecular weight is 243 g/mol. The van der Waals surface area contributed by atoms with E-state index in [2.05, 4.69) is 12.2 Å². The van der Waals surface area contributed by atoms with Crippen LogP contribution in [-0.4, -0.2) is 35.9 Å². The van der Waals surface area contributed by atoms with E-state index < -0.39 is 0 Å². The van der Waals surface area contributed by atoms with E-state index in [0.717, 1.165) is 31.6 Å². The fourth-order valence-corrected chi connectivity index (χ4v) is 2.27. The Morgan fingerprint density at radius 1 is 1.47 bits per heavy atom. The highest BCUT2D eigenvalue weighted by molar-refractivity contribution is 5.71. The van der Waals surface area contributed by atoms with E-state index >= 15 is 0 Å². The van der Waals surface area contributed by atoms with Crippen LogP contribution in [0.3, 0.4) is 0 Å². The largest absolute Gasteiger partial charge is 0.462 e. The van der Waals surface area contributed by atoms with Crippen LogP contribution in [-0.2, 0) is 9.53 Å². The van der Waals surface area contributed by atoms with Crippen molar-refractivity contribution in [3.63, 3.8) is 0 Å². The molecule has 0 aromatic carbocycles. The summed E-state index contributed by atoms with van der Waals surface area (Å²) in [6.07, 6.45) is 3.99. The molecule has 0 amide bonds. The first-order valence-corrected chi connectivity index (χ1v) is 6.53. The van der Waals surface area contributed by atoms with Crippen LogP contribution in [0.1, 0.15) is 46.5 Å². The molecule has 0 aliphatic heterocycles. The van der Waals surface area contributed by atoms with Gasteiger partial charge in [-0.05, 0) is 45.4 Å². The van der Waals surface area contributed by atoms with Gasteiger partial charge in [-0.25, -0.2) is 0 Å². The molecule has 1 aliphatic rings.